The maximum Gasteiger partial charge on any atom is 0.255 e. The Hall–Kier alpha value is -1.75. The standard InChI is InChI=1S/C12H13N3OS/c1-7-3-9(5-13-8(7)2)4-10-6-14-12(17)15-11(10)16/h3,5-6H,4H2,1-2H3,(H2,14,15,16,17). The molecule has 17 heavy (non-hydrogen) atoms. The van der Waals surface area contributed by atoms with Crippen molar-refractivity contribution in [2.75, 3.05) is 0 Å². The smallest absolute Gasteiger partial charge is 0.255 e. The van der Waals surface area contributed by atoms with Crippen LogP contribution in [0.5, 0.6) is 0 Å². The Morgan fingerprint density at radius 3 is 2.82 bits per heavy atom. The maximum atomic E-state index is 11.6. The number of hydrogen-bond donors (Lipinski definition) is 2. The lowest BCUT2D eigenvalue weighted by Crippen LogP contribution is -2.13. The number of hydrogen-bond acceptors (Lipinski definition) is 3. The summed E-state index contributed by atoms with van der Waals surface area (Å²) in [4.78, 5) is 21.3. The summed E-state index contributed by atoms with van der Waals surface area (Å²) in [6.07, 6.45) is 4.00. The lowest BCUT2D eigenvalue weighted by molar-refractivity contribution is 0.994. The van der Waals surface area contributed by atoms with Crippen LogP contribution in [0.1, 0.15) is 22.4 Å². The zero-order valence-electron chi connectivity index (χ0n) is 9.70. The van der Waals surface area contributed by atoms with Gasteiger partial charge in [-0.25, -0.2) is 0 Å². The number of aryl methyl sites for hydroxylation is 2. The van der Waals surface area contributed by atoms with E-state index in [0.29, 0.717) is 16.8 Å². The van der Waals surface area contributed by atoms with Gasteiger partial charge in [0.25, 0.3) is 5.56 Å². The van der Waals surface area contributed by atoms with Crippen LogP contribution in [0.3, 0.4) is 0 Å². The van der Waals surface area contributed by atoms with Crippen molar-refractivity contribution < 1.29 is 0 Å². The Morgan fingerprint density at radius 2 is 2.18 bits per heavy atom. The molecule has 0 unspecified atom stereocenters. The summed E-state index contributed by atoms with van der Waals surface area (Å²) in [6, 6.07) is 2.05. The minimum Gasteiger partial charge on any atom is -0.338 e. The topological polar surface area (TPSA) is 61.5 Å². The molecule has 2 N–H and O–H groups in total. The lowest BCUT2D eigenvalue weighted by atomic mass is 10.1. The summed E-state index contributed by atoms with van der Waals surface area (Å²) in [5, 5.41) is 0. The van der Waals surface area contributed by atoms with Crippen LogP contribution in [0.25, 0.3) is 0 Å². The van der Waals surface area contributed by atoms with Gasteiger partial charge in [0.1, 0.15) is 0 Å². The molecular formula is C12H13N3OS. The summed E-state index contributed by atoms with van der Waals surface area (Å²) in [7, 11) is 0. The molecule has 0 aliphatic heterocycles. The fourth-order valence-corrected chi connectivity index (χ4v) is 1.74. The van der Waals surface area contributed by atoms with Gasteiger partial charge in [-0.05, 0) is 37.2 Å². The lowest BCUT2D eigenvalue weighted by Gasteiger charge is -2.04. The van der Waals surface area contributed by atoms with Crippen molar-refractivity contribution in [3.8, 4) is 0 Å². The van der Waals surface area contributed by atoms with Crippen LogP contribution in [0, 0.1) is 18.6 Å². The van der Waals surface area contributed by atoms with Crippen LogP contribution in [0.15, 0.2) is 23.3 Å². The number of aromatic nitrogens is 3. The minimum atomic E-state index is -0.146. The van der Waals surface area contributed by atoms with Crippen LogP contribution >= 0.6 is 12.2 Å². The first-order valence-corrected chi connectivity index (χ1v) is 5.70. The molecule has 0 atom stereocenters. The molecular weight excluding hydrogens is 234 g/mol. The van der Waals surface area contributed by atoms with Gasteiger partial charge in [-0.1, -0.05) is 6.07 Å². The Morgan fingerprint density at radius 1 is 1.41 bits per heavy atom. The molecule has 2 heterocycles. The highest BCUT2D eigenvalue weighted by Gasteiger charge is 2.03. The molecule has 0 aliphatic rings. The van der Waals surface area contributed by atoms with Gasteiger partial charge in [-0.3, -0.25) is 14.8 Å². The van der Waals surface area contributed by atoms with Crippen molar-refractivity contribution in [1.29, 1.82) is 0 Å². The molecule has 0 spiro atoms. The second kappa shape index (κ2) is 4.63. The van der Waals surface area contributed by atoms with E-state index in [4.69, 9.17) is 12.2 Å². The Bertz CT molecular complexity index is 657. The molecule has 0 radical (unpaired) electrons. The minimum absolute atomic E-state index is 0.146. The second-order valence-electron chi connectivity index (χ2n) is 4.02. The first-order chi connectivity index (χ1) is 8.06. The third-order valence-electron chi connectivity index (χ3n) is 2.69. The zero-order valence-corrected chi connectivity index (χ0v) is 10.5. The third-order valence-corrected chi connectivity index (χ3v) is 2.91. The fourth-order valence-electron chi connectivity index (χ4n) is 1.59. The molecule has 2 aromatic heterocycles. The van der Waals surface area contributed by atoms with Gasteiger partial charge in [-0.15, -0.1) is 0 Å². The molecule has 0 bridgehead atoms. The highest BCUT2D eigenvalue weighted by molar-refractivity contribution is 7.71. The van der Waals surface area contributed by atoms with Crippen LogP contribution in [0.2, 0.25) is 0 Å². The number of rotatable bonds is 2. The predicted octanol–water partition coefficient (Wildman–Crippen LogP) is 2.04. The van der Waals surface area contributed by atoms with Crippen LogP contribution in [0.4, 0.5) is 0 Å². The van der Waals surface area contributed by atoms with Crippen molar-refractivity contribution in [2.45, 2.75) is 20.3 Å². The molecule has 0 amide bonds. The first-order valence-electron chi connectivity index (χ1n) is 5.29. The quantitative estimate of drug-likeness (QED) is 0.798. The van der Waals surface area contributed by atoms with E-state index in [2.05, 4.69) is 15.0 Å². The molecule has 0 aromatic carbocycles. The van der Waals surface area contributed by atoms with E-state index < -0.39 is 0 Å². The third kappa shape index (κ3) is 2.68. The summed E-state index contributed by atoms with van der Waals surface area (Å²) in [5.74, 6) is 0. The highest BCUT2D eigenvalue weighted by Crippen LogP contribution is 2.09. The van der Waals surface area contributed by atoms with E-state index in [1.807, 2.05) is 19.9 Å². The van der Waals surface area contributed by atoms with E-state index in [9.17, 15) is 4.79 Å². The van der Waals surface area contributed by atoms with Crippen molar-refractivity contribution in [2.24, 2.45) is 0 Å². The van der Waals surface area contributed by atoms with Gasteiger partial charge < -0.3 is 4.98 Å². The van der Waals surface area contributed by atoms with E-state index in [1.54, 1.807) is 12.4 Å². The Balaban J connectivity index is 2.35. The fraction of sp³-hybridized carbons (Fsp3) is 0.250. The number of nitrogens with zero attached hydrogens (tertiary/aromatic N) is 1. The van der Waals surface area contributed by atoms with Gasteiger partial charge >= 0.3 is 0 Å². The van der Waals surface area contributed by atoms with Crippen LogP contribution in [-0.2, 0) is 6.42 Å². The Kier molecular flexibility index (Phi) is 3.19. The molecule has 0 saturated carbocycles. The summed E-state index contributed by atoms with van der Waals surface area (Å²) in [5.41, 5.74) is 3.66. The summed E-state index contributed by atoms with van der Waals surface area (Å²) >= 11 is 4.84. The molecule has 0 saturated heterocycles. The Labute approximate surface area is 104 Å². The molecule has 5 heteroatoms. The number of H-pyrrole nitrogens is 2. The van der Waals surface area contributed by atoms with Crippen LogP contribution in [-0.4, -0.2) is 15.0 Å². The van der Waals surface area contributed by atoms with Gasteiger partial charge in [0.15, 0.2) is 4.77 Å². The highest BCUT2D eigenvalue weighted by atomic mass is 32.1. The number of pyridine rings is 1. The average Bonchev–Trinajstić information content (AvgIpc) is 2.27. The normalized spacial score (nSPS) is 10.5. The molecule has 0 aliphatic carbocycles. The van der Waals surface area contributed by atoms with E-state index >= 15 is 0 Å². The average molecular weight is 247 g/mol. The van der Waals surface area contributed by atoms with Gasteiger partial charge in [-0.2, -0.15) is 0 Å². The largest absolute Gasteiger partial charge is 0.338 e. The van der Waals surface area contributed by atoms with Gasteiger partial charge in [0.2, 0.25) is 0 Å². The molecule has 2 aromatic rings. The summed E-state index contributed by atoms with van der Waals surface area (Å²) < 4.78 is 0.344. The van der Waals surface area contributed by atoms with Crippen molar-refractivity contribution in [3.05, 3.63) is 56.0 Å². The van der Waals surface area contributed by atoms with Crippen molar-refractivity contribution >= 4 is 12.2 Å². The van der Waals surface area contributed by atoms with E-state index in [1.165, 1.54) is 0 Å². The van der Waals surface area contributed by atoms with Gasteiger partial charge in [0.05, 0.1) is 0 Å². The van der Waals surface area contributed by atoms with Crippen molar-refractivity contribution in [1.82, 2.24) is 15.0 Å². The summed E-state index contributed by atoms with van der Waals surface area (Å²) in [6.45, 7) is 3.97. The van der Waals surface area contributed by atoms with Crippen LogP contribution < -0.4 is 5.56 Å². The van der Waals surface area contributed by atoms with Gasteiger partial charge in [0, 0.05) is 30.1 Å². The predicted molar refractivity (Wildman–Crippen MR) is 68.8 cm³/mol. The first kappa shape index (κ1) is 11.7. The number of nitrogens with one attached hydrogen (secondary N) is 2. The molecule has 4 nitrogen and oxygen atoms in total. The number of aromatic amines is 2. The van der Waals surface area contributed by atoms with E-state index in [-0.39, 0.29) is 5.56 Å². The zero-order chi connectivity index (χ0) is 12.4. The second-order valence-corrected chi connectivity index (χ2v) is 4.43. The monoisotopic (exact) mass is 247 g/mol. The molecule has 0 fully saturated rings. The SMILES string of the molecule is Cc1cc(Cc2c[nH]c(=S)[nH]c2=O)cnc1C. The molecule has 2 rings (SSSR count). The molecule has 88 valence electrons. The van der Waals surface area contributed by atoms with Crippen molar-refractivity contribution in [3.63, 3.8) is 0 Å². The van der Waals surface area contributed by atoms with E-state index in [0.717, 1.165) is 16.8 Å². The maximum absolute atomic E-state index is 11.6.